The molecule has 3 aromatic rings. The van der Waals surface area contributed by atoms with Crippen LogP contribution in [0.2, 0.25) is 0 Å². The SMILES string of the molecule is CCCOC[C@H]1CCN(c2nc(-c3ccccn3)nc3c2c(C)nn3C)C1. The molecular weight excluding hydrogens is 340 g/mol. The van der Waals surface area contributed by atoms with Gasteiger partial charge in [0.05, 0.1) is 17.7 Å². The standard InChI is InChI=1S/C20H26N6O/c1-4-11-27-13-15-8-10-26(12-15)20-17-14(2)24-25(3)19(17)22-18(23-20)16-7-5-6-9-21-16/h5-7,9,15H,4,8,10-13H2,1-3H3/t15-/m0/s1. The summed E-state index contributed by atoms with van der Waals surface area (Å²) >= 11 is 0. The van der Waals surface area contributed by atoms with E-state index in [1.54, 1.807) is 6.20 Å². The molecule has 0 aliphatic carbocycles. The average molecular weight is 366 g/mol. The first-order valence-corrected chi connectivity index (χ1v) is 9.62. The van der Waals surface area contributed by atoms with Crippen LogP contribution in [-0.4, -0.2) is 51.0 Å². The van der Waals surface area contributed by atoms with Crippen molar-refractivity contribution in [3.8, 4) is 11.5 Å². The van der Waals surface area contributed by atoms with Crippen LogP contribution in [-0.2, 0) is 11.8 Å². The van der Waals surface area contributed by atoms with Crippen molar-refractivity contribution >= 4 is 16.9 Å². The Morgan fingerprint density at radius 2 is 2.15 bits per heavy atom. The maximum atomic E-state index is 5.77. The Kier molecular flexibility index (Phi) is 5.03. The summed E-state index contributed by atoms with van der Waals surface area (Å²) in [5.74, 6) is 2.15. The number of fused-ring (bicyclic) bond motifs is 1. The van der Waals surface area contributed by atoms with Crippen molar-refractivity contribution in [3.05, 3.63) is 30.1 Å². The fourth-order valence-electron chi connectivity index (χ4n) is 3.71. The summed E-state index contributed by atoms with van der Waals surface area (Å²) in [7, 11) is 1.93. The molecular formula is C20H26N6O. The van der Waals surface area contributed by atoms with Gasteiger partial charge in [-0.3, -0.25) is 9.67 Å². The maximum Gasteiger partial charge on any atom is 0.182 e. The van der Waals surface area contributed by atoms with Crippen molar-refractivity contribution in [2.24, 2.45) is 13.0 Å². The van der Waals surface area contributed by atoms with E-state index in [4.69, 9.17) is 14.7 Å². The smallest absolute Gasteiger partial charge is 0.182 e. The summed E-state index contributed by atoms with van der Waals surface area (Å²) in [5.41, 5.74) is 2.59. The Balaban J connectivity index is 1.71. The third-order valence-corrected chi connectivity index (χ3v) is 5.02. The number of anilines is 1. The Morgan fingerprint density at radius 3 is 2.93 bits per heavy atom. The summed E-state index contributed by atoms with van der Waals surface area (Å²) in [4.78, 5) is 16.5. The van der Waals surface area contributed by atoms with Crippen LogP contribution in [0.5, 0.6) is 0 Å². The zero-order chi connectivity index (χ0) is 18.8. The van der Waals surface area contributed by atoms with Crippen LogP contribution in [0.3, 0.4) is 0 Å². The van der Waals surface area contributed by atoms with Crippen LogP contribution >= 0.6 is 0 Å². The number of aromatic nitrogens is 5. The van der Waals surface area contributed by atoms with Crippen LogP contribution < -0.4 is 4.90 Å². The van der Waals surface area contributed by atoms with Gasteiger partial charge in [0.1, 0.15) is 11.5 Å². The number of hydrogen-bond donors (Lipinski definition) is 0. The molecule has 7 heteroatoms. The highest BCUT2D eigenvalue weighted by molar-refractivity contribution is 5.91. The predicted molar refractivity (Wildman–Crippen MR) is 106 cm³/mol. The lowest BCUT2D eigenvalue weighted by molar-refractivity contribution is 0.106. The van der Waals surface area contributed by atoms with Gasteiger partial charge in [-0.1, -0.05) is 13.0 Å². The molecule has 0 saturated carbocycles. The van der Waals surface area contributed by atoms with Crippen molar-refractivity contribution in [1.29, 1.82) is 0 Å². The number of hydrogen-bond acceptors (Lipinski definition) is 6. The molecule has 4 rings (SSSR count). The van der Waals surface area contributed by atoms with Gasteiger partial charge in [-0.15, -0.1) is 0 Å². The second kappa shape index (κ2) is 7.60. The summed E-state index contributed by atoms with van der Waals surface area (Å²) in [5, 5.41) is 5.61. The third-order valence-electron chi connectivity index (χ3n) is 5.02. The maximum absolute atomic E-state index is 5.77. The zero-order valence-corrected chi connectivity index (χ0v) is 16.2. The van der Waals surface area contributed by atoms with Crippen LogP contribution in [0.4, 0.5) is 5.82 Å². The number of aryl methyl sites for hydroxylation is 2. The molecule has 27 heavy (non-hydrogen) atoms. The van der Waals surface area contributed by atoms with Crippen molar-refractivity contribution in [2.45, 2.75) is 26.7 Å². The molecule has 0 radical (unpaired) electrons. The molecule has 3 aromatic heterocycles. The molecule has 4 heterocycles. The van der Waals surface area contributed by atoms with Crippen LogP contribution in [0.25, 0.3) is 22.6 Å². The van der Waals surface area contributed by atoms with Gasteiger partial charge in [-0.05, 0) is 31.9 Å². The van der Waals surface area contributed by atoms with Gasteiger partial charge in [0.2, 0.25) is 0 Å². The van der Waals surface area contributed by atoms with Crippen LogP contribution in [0.15, 0.2) is 24.4 Å². The molecule has 0 bridgehead atoms. The normalized spacial score (nSPS) is 17.1. The molecule has 1 aliphatic heterocycles. The molecule has 1 saturated heterocycles. The van der Waals surface area contributed by atoms with E-state index in [1.165, 1.54) is 0 Å². The Morgan fingerprint density at radius 1 is 1.26 bits per heavy atom. The third kappa shape index (κ3) is 3.51. The number of rotatable bonds is 6. The topological polar surface area (TPSA) is 69.0 Å². The highest BCUT2D eigenvalue weighted by Crippen LogP contribution is 2.32. The molecule has 0 N–H and O–H groups in total. The second-order valence-electron chi connectivity index (χ2n) is 7.17. The lowest BCUT2D eigenvalue weighted by Gasteiger charge is -2.19. The summed E-state index contributed by atoms with van der Waals surface area (Å²) in [6, 6.07) is 5.80. The molecule has 0 aromatic carbocycles. The zero-order valence-electron chi connectivity index (χ0n) is 16.2. The van der Waals surface area contributed by atoms with E-state index in [2.05, 4.69) is 21.9 Å². The van der Waals surface area contributed by atoms with E-state index in [-0.39, 0.29) is 0 Å². The van der Waals surface area contributed by atoms with Crippen molar-refractivity contribution < 1.29 is 4.74 Å². The van der Waals surface area contributed by atoms with Crippen LogP contribution in [0.1, 0.15) is 25.5 Å². The quantitative estimate of drug-likeness (QED) is 0.625. The fraction of sp³-hybridized carbons (Fsp3) is 0.500. The van der Waals surface area contributed by atoms with E-state index >= 15 is 0 Å². The summed E-state index contributed by atoms with van der Waals surface area (Å²) in [6.07, 6.45) is 3.95. The van der Waals surface area contributed by atoms with E-state index in [0.29, 0.717) is 11.7 Å². The summed E-state index contributed by atoms with van der Waals surface area (Å²) < 4.78 is 7.61. The monoisotopic (exact) mass is 366 g/mol. The van der Waals surface area contributed by atoms with E-state index in [0.717, 1.165) is 67.4 Å². The Labute approximate surface area is 159 Å². The number of nitrogens with zero attached hydrogens (tertiary/aromatic N) is 6. The van der Waals surface area contributed by atoms with Gasteiger partial charge in [0.25, 0.3) is 0 Å². The molecule has 142 valence electrons. The highest BCUT2D eigenvalue weighted by Gasteiger charge is 2.27. The van der Waals surface area contributed by atoms with Gasteiger partial charge in [-0.25, -0.2) is 9.97 Å². The van der Waals surface area contributed by atoms with Gasteiger partial charge in [0, 0.05) is 38.9 Å². The first-order chi connectivity index (χ1) is 13.2. The summed E-state index contributed by atoms with van der Waals surface area (Å²) in [6.45, 7) is 7.74. The largest absolute Gasteiger partial charge is 0.381 e. The average Bonchev–Trinajstić information content (AvgIpc) is 3.27. The predicted octanol–water partition coefficient (Wildman–Crippen LogP) is 2.99. The lowest BCUT2D eigenvalue weighted by atomic mass is 10.1. The van der Waals surface area contributed by atoms with E-state index in [9.17, 15) is 0 Å². The Hall–Kier alpha value is -2.54. The minimum Gasteiger partial charge on any atom is -0.381 e. The number of ether oxygens (including phenoxy) is 1. The first-order valence-electron chi connectivity index (χ1n) is 9.62. The first kappa shape index (κ1) is 17.9. The second-order valence-corrected chi connectivity index (χ2v) is 7.17. The minimum absolute atomic E-state index is 0.539. The van der Waals surface area contributed by atoms with Crippen molar-refractivity contribution in [3.63, 3.8) is 0 Å². The van der Waals surface area contributed by atoms with Gasteiger partial charge in [-0.2, -0.15) is 5.10 Å². The molecule has 0 unspecified atom stereocenters. The van der Waals surface area contributed by atoms with Gasteiger partial charge < -0.3 is 9.64 Å². The molecule has 0 spiro atoms. The van der Waals surface area contributed by atoms with E-state index < -0.39 is 0 Å². The van der Waals surface area contributed by atoms with Crippen LogP contribution in [0, 0.1) is 12.8 Å². The molecule has 1 fully saturated rings. The number of pyridine rings is 1. The van der Waals surface area contributed by atoms with E-state index in [1.807, 2.05) is 36.9 Å². The van der Waals surface area contributed by atoms with Gasteiger partial charge in [0.15, 0.2) is 11.5 Å². The molecule has 0 amide bonds. The lowest BCUT2D eigenvalue weighted by Crippen LogP contribution is -2.23. The Bertz CT molecular complexity index is 923. The minimum atomic E-state index is 0.539. The fourth-order valence-corrected chi connectivity index (χ4v) is 3.71. The molecule has 1 aliphatic rings. The van der Waals surface area contributed by atoms with Crippen molar-refractivity contribution in [1.82, 2.24) is 24.7 Å². The molecule has 1 atom stereocenters. The van der Waals surface area contributed by atoms with Crippen molar-refractivity contribution in [2.75, 3.05) is 31.2 Å². The highest BCUT2D eigenvalue weighted by atomic mass is 16.5. The van der Waals surface area contributed by atoms with Gasteiger partial charge >= 0.3 is 0 Å². The molecule has 7 nitrogen and oxygen atoms in total.